The van der Waals surface area contributed by atoms with Crippen molar-refractivity contribution in [2.75, 3.05) is 18.5 Å². The Bertz CT molecular complexity index is 863. The Labute approximate surface area is 163 Å². The van der Waals surface area contributed by atoms with E-state index in [4.69, 9.17) is 4.74 Å². The summed E-state index contributed by atoms with van der Waals surface area (Å²) >= 11 is 1.72. The van der Waals surface area contributed by atoms with E-state index in [1.807, 2.05) is 65.6 Å². The number of anilines is 2. The molecule has 1 aromatic heterocycles. The molecule has 2 heterocycles. The van der Waals surface area contributed by atoms with E-state index >= 15 is 0 Å². The number of thiophene rings is 1. The van der Waals surface area contributed by atoms with Crippen LogP contribution in [0.5, 0.6) is 5.75 Å². The predicted molar refractivity (Wildman–Crippen MR) is 110 cm³/mol. The Morgan fingerprint density at radius 3 is 2.56 bits per heavy atom. The van der Waals surface area contributed by atoms with Gasteiger partial charge in [-0.05, 0) is 60.7 Å². The monoisotopic (exact) mass is 378 g/mol. The molecule has 1 atom stereocenters. The molecule has 1 aliphatic rings. The number of nitrogens with one attached hydrogen (secondary N) is 1. The Hall–Kier alpha value is -2.79. The fourth-order valence-electron chi connectivity index (χ4n) is 3.39. The number of hydrogen-bond donors (Lipinski definition) is 1. The van der Waals surface area contributed by atoms with Gasteiger partial charge in [-0.25, -0.2) is 0 Å². The number of rotatable bonds is 6. The van der Waals surface area contributed by atoms with Crippen LogP contribution in [0.15, 0.2) is 72.1 Å². The minimum atomic E-state index is 0.0531. The van der Waals surface area contributed by atoms with E-state index < -0.39 is 0 Å². The molecule has 4 nitrogen and oxygen atoms in total. The summed E-state index contributed by atoms with van der Waals surface area (Å²) in [5.74, 6) is 0.756. The summed E-state index contributed by atoms with van der Waals surface area (Å²) in [7, 11) is 0. The lowest BCUT2D eigenvalue weighted by Gasteiger charge is -2.24. The van der Waals surface area contributed by atoms with Crippen molar-refractivity contribution < 1.29 is 9.53 Å². The van der Waals surface area contributed by atoms with Gasteiger partial charge in [0.05, 0.1) is 6.04 Å². The number of likely N-dealkylation sites (tertiary alicyclic amines) is 1. The third-order valence-corrected chi connectivity index (χ3v) is 5.70. The first kappa shape index (κ1) is 17.6. The van der Waals surface area contributed by atoms with Crippen molar-refractivity contribution in [2.45, 2.75) is 18.9 Å². The molecule has 0 saturated carbocycles. The molecular weight excluding hydrogens is 356 g/mol. The van der Waals surface area contributed by atoms with E-state index in [-0.39, 0.29) is 18.6 Å². The van der Waals surface area contributed by atoms with Crippen LogP contribution in [0.4, 0.5) is 11.4 Å². The number of benzene rings is 2. The van der Waals surface area contributed by atoms with Crippen LogP contribution in [-0.2, 0) is 4.79 Å². The molecule has 0 bridgehead atoms. The van der Waals surface area contributed by atoms with Crippen molar-refractivity contribution in [1.82, 2.24) is 4.90 Å². The van der Waals surface area contributed by atoms with Gasteiger partial charge >= 0.3 is 0 Å². The summed E-state index contributed by atoms with van der Waals surface area (Å²) in [6.07, 6.45) is 2.08. The van der Waals surface area contributed by atoms with Crippen molar-refractivity contribution in [3.05, 3.63) is 77.0 Å². The zero-order valence-corrected chi connectivity index (χ0v) is 15.8. The van der Waals surface area contributed by atoms with Crippen LogP contribution < -0.4 is 10.1 Å². The Kier molecular flexibility index (Phi) is 5.39. The lowest BCUT2D eigenvalue weighted by atomic mass is 10.2. The molecule has 5 heteroatoms. The number of para-hydroxylation sites is 1. The number of carbonyl (C=O) groups excluding carboxylic acids is 1. The van der Waals surface area contributed by atoms with Crippen LogP contribution in [0.2, 0.25) is 0 Å². The van der Waals surface area contributed by atoms with Gasteiger partial charge in [0, 0.05) is 22.8 Å². The van der Waals surface area contributed by atoms with Gasteiger partial charge in [0.25, 0.3) is 5.91 Å². The van der Waals surface area contributed by atoms with Crippen LogP contribution in [0.3, 0.4) is 0 Å². The molecule has 1 fully saturated rings. The highest BCUT2D eigenvalue weighted by molar-refractivity contribution is 7.10. The lowest BCUT2D eigenvalue weighted by molar-refractivity contribution is -0.134. The van der Waals surface area contributed by atoms with Crippen molar-refractivity contribution >= 4 is 28.6 Å². The largest absolute Gasteiger partial charge is 0.484 e. The molecule has 0 radical (unpaired) electrons. The highest BCUT2D eigenvalue weighted by Crippen LogP contribution is 2.34. The Balaban J connectivity index is 1.32. The average molecular weight is 378 g/mol. The van der Waals surface area contributed by atoms with E-state index in [0.717, 1.165) is 30.8 Å². The second-order valence-electron chi connectivity index (χ2n) is 6.56. The first-order chi connectivity index (χ1) is 13.3. The first-order valence-electron chi connectivity index (χ1n) is 9.17. The number of nitrogens with zero attached hydrogens (tertiary/aromatic N) is 1. The highest BCUT2D eigenvalue weighted by atomic mass is 32.1. The van der Waals surface area contributed by atoms with Crippen molar-refractivity contribution in [2.24, 2.45) is 0 Å². The molecule has 0 aliphatic carbocycles. The molecule has 1 aliphatic heterocycles. The lowest BCUT2D eigenvalue weighted by Crippen LogP contribution is -2.34. The molecular formula is C22H22N2O2S. The van der Waals surface area contributed by atoms with Crippen molar-refractivity contribution in [3.63, 3.8) is 0 Å². The normalized spacial score (nSPS) is 16.3. The average Bonchev–Trinajstić information content (AvgIpc) is 3.39. The summed E-state index contributed by atoms with van der Waals surface area (Å²) in [5.41, 5.74) is 2.02. The van der Waals surface area contributed by atoms with Crippen molar-refractivity contribution in [3.8, 4) is 5.75 Å². The van der Waals surface area contributed by atoms with E-state index in [1.54, 1.807) is 11.3 Å². The molecule has 1 amide bonds. The SMILES string of the molecule is O=C(COc1ccc(Nc2ccccc2)cc1)N1CCCC1c1cccs1. The third-order valence-electron chi connectivity index (χ3n) is 4.72. The van der Waals surface area contributed by atoms with E-state index in [2.05, 4.69) is 16.8 Å². The molecule has 0 spiro atoms. The summed E-state index contributed by atoms with van der Waals surface area (Å²) in [6, 6.07) is 22.1. The number of carbonyl (C=O) groups is 1. The van der Waals surface area contributed by atoms with Gasteiger partial charge in [-0.1, -0.05) is 24.3 Å². The summed E-state index contributed by atoms with van der Waals surface area (Å²) in [5, 5.41) is 5.40. The van der Waals surface area contributed by atoms with E-state index in [0.29, 0.717) is 5.75 Å². The number of ether oxygens (including phenoxy) is 1. The maximum atomic E-state index is 12.6. The van der Waals surface area contributed by atoms with Crippen LogP contribution >= 0.6 is 11.3 Å². The summed E-state index contributed by atoms with van der Waals surface area (Å²) < 4.78 is 5.74. The maximum absolute atomic E-state index is 12.6. The fourth-order valence-corrected chi connectivity index (χ4v) is 4.27. The van der Waals surface area contributed by atoms with Gasteiger partial charge in [-0.3, -0.25) is 4.79 Å². The van der Waals surface area contributed by atoms with Crippen molar-refractivity contribution in [1.29, 1.82) is 0 Å². The second-order valence-corrected chi connectivity index (χ2v) is 7.54. The molecule has 138 valence electrons. The van der Waals surface area contributed by atoms with Gasteiger partial charge in [0.2, 0.25) is 0 Å². The number of amides is 1. The smallest absolute Gasteiger partial charge is 0.261 e. The number of hydrogen-bond acceptors (Lipinski definition) is 4. The van der Waals surface area contributed by atoms with Gasteiger partial charge in [0.15, 0.2) is 6.61 Å². The Morgan fingerprint density at radius 2 is 1.81 bits per heavy atom. The molecule has 1 N–H and O–H groups in total. The van der Waals surface area contributed by atoms with Crippen LogP contribution in [0.1, 0.15) is 23.8 Å². The van der Waals surface area contributed by atoms with E-state index in [9.17, 15) is 4.79 Å². The molecule has 27 heavy (non-hydrogen) atoms. The fraction of sp³-hybridized carbons (Fsp3) is 0.227. The third kappa shape index (κ3) is 4.31. The van der Waals surface area contributed by atoms with Gasteiger partial charge in [-0.2, -0.15) is 0 Å². The molecule has 4 rings (SSSR count). The van der Waals surface area contributed by atoms with Gasteiger partial charge in [0.1, 0.15) is 5.75 Å². The van der Waals surface area contributed by atoms with Gasteiger partial charge < -0.3 is 15.0 Å². The minimum absolute atomic E-state index is 0.0531. The van der Waals surface area contributed by atoms with Crippen LogP contribution in [-0.4, -0.2) is 24.0 Å². The molecule has 2 aromatic carbocycles. The van der Waals surface area contributed by atoms with Crippen LogP contribution in [0.25, 0.3) is 0 Å². The second kappa shape index (κ2) is 8.27. The van der Waals surface area contributed by atoms with Gasteiger partial charge in [-0.15, -0.1) is 11.3 Å². The predicted octanol–water partition coefficient (Wildman–Crippen LogP) is 5.23. The molecule has 3 aromatic rings. The quantitative estimate of drug-likeness (QED) is 0.638. The zero-order valence-electron chi connectivity index (χ0n) is 15.0. The topological polar surface area (TPSA) is 41.6 Å². The first-order valence-corrected chi connectivity index (χ1v) is 10.1. The summed E-state index contributed by atoms with van der Waals surface area (Å²) in [4.78, 5) is 15.8. The molecule has 1 unspecified atom stereocenters. The summed E-state index contributed by atoms with van der Waals surface area (Å²) in [6.45, 7) is 0.887. The minimum Gasteiger partial charge on any atom is -0.484 e. The standard InChI is InChI=1S/C22H22N2O2S/c25-22(24-14-4-8-20(24)21-9-5-15-27-21)16-26-19-12-10-18(11-13-19)23-17-6-2-1-3-7-17/h1-3,5-7,9-13,15,20,23H,4,8,14,16H2. The zero-order chi connectivity index (χ0) is 18.5. The van der Waals surface area contributed by atoms with Crippen LogP contribution in [0, 0.1) is 0 Å². The maximum Gasteiger partial charge on any atom is 0.261 e. The van der Waals surface area contributed by atoms with E-state index in [1.165, 1.54) is 4.88 Å². The molecule has 1 saturated heterocycles. The Morgan fingerprint density at radius 1 is 1.04 bits per heavy atom. The highest BCUT2D eigenvalue weighted by Gasteiger charge is 2.30.